The Morgan fingerprint density at radius 3 is 2.85 bits per heavy atom. The Morgan fingerprint density at radius 2 is 2.05 bits per heavy atom. The lowest BCUT2D eigenvalue weighted by molar-refractivity contribution is 0.0512. The minimum Gasteiger partial charge on any atom is -0.460 e. The van der Waals surface area contributed by atoms with Crippen LogP contribution in [0.25, 0.3) is 22.6 Å². The number of carbonyl (C=O) groups excluding carboxylic acids is 1. The van der Waals surface area contributed by atoms with Gasteiger partial charge in [-0.15, -0.1) is 0 Å². The summed E-state index contributed by atoms with van der Waals surface area (Å²) >= 11 is 0. The number of nitrogens with zero attached hydrogens (tertiary/aromatic N) is 4. The number of fused-ring (bicyclic) bond motifs is 1. The summed E-state index contributed by atoms with van der Waals surface area (Å²) in [5.74, 6) is -0.178. The number of aromatic nitrogens is 5. The summed E-state index contributed by atoms with van der Waals surface area (Å²) < 4.78 is 4.84. The van der Waals surface area contributed by atoms with E-state index < -0.39 is 5.97 Å². The molecule has 2 aromatic heterocycles. The predicted molar refractivity (Wildman–Crippen MR) is 70.9 cm³/mol. The summed E-state index contributed by atoms with van der Waals surface area (Å²) in [6, 6.07) is 7.49. The van der Waals surface area contributed by atoms with E-state index in [2.05, 4.69) is 25.1 Å². The first-order valence-electron chi connectivity index (χ1n) is 6.09. The van der Waals surface area contributed by atoms with Crippen molar-refractivity contribution in [3.05, 3.63) is 36.3 Å². The molecule has 7 heteroatoms. The van der Waals surface area contributed by atoms with E-state index in [0.717, 1.165) is 11.0 Å². The molecule has 1 N–H and O–H groups in total. The van der Waals surface area contributed by atoms with Gasteiger partial charge in [-0.25, -0.2) is 9.78 Å². The van der Waals surface area contributed by atoms with E-state index >= 15 is 0 Å². The van der Waals surface area contributed by atoms with Crippen LogP contribution in [0, 0.1) is 0 Å². The molecule has 3 aromatic rings. The van der Waals surface area contributed by atoms with Crippen molar-refractivity contribution >= 4 is 17.0 Å². The summed E-state index contributed by atoms with van der Waals surface area (Å²) in [4.78, 5) is 24.3. The highest BCUT2D eigenvalue weighted by molar-refractivity contribution is 5.85. The number of carbonyl (C=O) groups is 1. The molecular weight excluding hydrogens is 258 g/mol. The van der Waals surface area contributed by atoms with E-state index in [-0.39, 0.29) is 12.4 Å². The van der Waals surface area contributed by atoms with E-state index in [0.29, 0.717) is 11.5 Å². The molecule has 0 spiro atoms. The van der Waals surface area contributed by atoms with Crippen LogP contribution in [0.2, 0.25) is 0 Å². The van der Waals surface area contributed by atoms with Crippen LogP contribution in [-0.2, 0) is 4.74 Å². The third-order valence-electron chi connectivity index (χ3n) is 2.63. The van der Waals surface area contributed by atoms with Gasteiger partial charge in [0.05, 0.1) is 23.8 Å². The molecular formula is C13H11N5O2. The van der Waals surface area contributed by atoms with Crippen LogP contribution in [0.1, 0.15) is 17.5 Å². The number of rotatable bonds is 3. The Morgan fingerprint density at radius 1 is 1.25 bits per heavy atom. The average molecular weight is 269 g/mol. The minimum atomic E-state index is -0.542. The summed E-state index contributed by atoms with van der Waals surface area (Å²) in [6.07, 6.45) is 1.57. The summed E-state index contributed by atoms with van der Waals surface area (Å²) in [5, 5.41) is 6.49. The van der Waals surface area contributed by atoms with Gasteiger partial charge < -0.3 is 4.74 Å². The van der Waals surface area contributed by atoms with Gasteiger partial charge in [-0.1, -0.05) is 12.1 Å². The molecule has 0 aliphatic rings. The maximum Gasteiger partial charge on any atom is 0.375 e. The van der Waals surface area contributed by atoms with E-state index in [1.54, 1.807) is 13.1 Å². The van der Waals surface area contributed by atoms with Crippen LogP contribution in [0.5, 0.6) is 0 Å². The minimum absolute atomic E-state index is 0.0526. The Bertz CT molecular complexity index is 768. The fourth-order valence-electron chi connectivity index (χ4n) is 1.73. The Hall–Kier alpha value is -2.83. The molecule has 0 aliphatic heterocycles. The van der Waals surface area contributed by atoms with Gasteiger partial charge in [0.2, 0.25) is 11.6 Å². The normalized spacial score (nSPS) is 10.7. The lowest BCUT2D eigenvalue weighted by atomic mass is 10.3. The second-order valence-corrected chi connectivity index (χ2v) is 3.97. The maximum absolute atomic E-state index is 11.5. The van der Waals surface area contributed by atoms with Gasteiger partial charge in [0.15, 0.2) is 0 Å². The van der Waals surface area contributed by atoms with Crippen molar-refractivity contribution in [2.75, 3.05) is 6.61 Å². The second-order valence-electron chi connectivity index (χ2n) is 3.97. The number of hydrogen-bond donors (Lipinski definition) is 1. The first kappa shape index (κ1) is 12.2. The van der Waals surface area contributed by atoms with Gasteiger partial charge in [0.1, 0.15) is 5.69 Å². The highest BCUT2D eigenvalue weighted by atomic mass is 16.5. The third kappa shape index (κ3) is 2.20. The molecule has 3 rings (SSSR count). The van der Waals surface area contributed by atoms with Gasteiger partial charge in [-0.3, -0.25) is 10.1 Å². The zero-order chi connectivity index (χ0) is 13.9. The molecule has 7 nitrogen and oxygen atoms in total. The molecule has 2 heterocycles. The van der Waals surface area contributed by atoms with Gasteiger partial charge in [-0.05, 0) is 19.1 Å². The van der Waals surface area contributed by atoms with E-state index in [4.69, 9.17) is 4.74 Å². The predicted octanol–water partition coefficient (Wildman–Crippen LogP) is 1.59. The third-order valence-corrected chi connectivity index (χ3v) is 2.63. The molecule has 0 bridgehead atoms. The van der Waals surface area contributed by atoms with Crippen molar-refractivity contribution in [2.24, 2.45) is 0 Å². The van der Waals surface area contributed by atoms with Crippen molar-refractivity contribution in [3.8, 4) is 11.5 Å². The number of benzene rings is 1. The lowest BCUT2D eigenvalue weighted by Gasteiger charge is -1.98. The summed E-state index contributed by atoms with van der Waals surface area (Å²) in [5.41, 5.74) is 2.03. The first-order chi connectivity index (χ1) is 9.78. The highest BCUT2D eigenvalue weighted by Crippen LogP contribution is 2.15. The molecule has 0 amide bonds. The number of ether oxygens (including phenoxy) is 1. The smallest absolute Gasteiger partial charge is 0.375 e. The van der Waals surface area contributed by atoms with E-state index in [1.807, 2.05) is 24.3 Å². The second kappa shape index (κ2) is 5.04. The molecule has 0 saturated carbocycles. The standard InChI is InChI=1S/C13H11N5O2/c1-2-20-13(19)12-16-11(17-18-12)10-7-14-8-5-3-4-6-9(8)15-10/h3-7H,2H2,1H3,(H,16,17,18). The monoisotopic (exact) mass is 269 g/mol. The lowest BCUT2D eigenvalue weighted by Crippen LogP contribution is -2.06. The highest BCUT2D eigenvalue weighted by Gasteiger charge is 2.15. The number of nitrogens with one attached hydrogen (secondary N) is 1. The Labute approximate surface area is 114 Å². The van der Waals surface area contributed by atoms with Crippen molar-refractivity contribution < 1.29 is 9.53 Å². The Balaban J connectivity index is 1.96. The quantitative estimate of drug-likeness (QED) is 0.726. The van der Waals surface area contributed by atoms with Crippen molar-refractivity contribution in [1.82, 2.24) is 25.1 Å². The molecule has 0 aliphatic carbocycles. The van der Waals surface area contributed by atoms with Crippen LogP contribution in [0.4, 0.5) is 0 Å². The van der Waals surface area contributed by atoms with Crippen molar-refractivity contribution in [3.63, 3.8) is 0 Å². The van der Waals surface area contributed by atoms with Crippen LogP contribution in [0.3, 0.4) is 0 Å². The summed E-state index contributed by atoms with van der Waals surface area (Å²) in [6.45, 7) is 2.01. The number of hydrogen-bond acceptors (Lipinski definition) is 6. The topological polar surface area (TPSA) is 93.7 Å². The molecule has 100 valence electrons. The van der Waals surface area contributed by atoms with E-state index in [1.165, 1.54) is 0 Å². The fraction of sp³-hybridized carbons (Fsp3) is 0.154. The van der Waals surface area contributed by atoms with Crippen LogP contribution in [0.15, 0.2) is 30.5 Å². The molecule has 1 aromatic carbocycles. The van der Waals surface area contributed by atoms with Gasteiger partial charge in [0.25, 0.3) is 0 Å². The molecule has 20 heavy (non-hydrogen) atoms. The zero-order valence-corrected chi connectivity index (χ0v) is 10.7. The maximum atomic E-state index is 11.5. The first-order valence-corrected chi connectivity index (χ1v) is 6.09. The van der Waals surface area contributed by atoms with Gasteiger partial charge in [-0.2, -0.15) is 10.1 Å². The molecule has 0 atom stereocenters. The molecule has 0 unspecified atom stereocenters. The van der Waals surface area contributed by atoms with Gasteiger partial charge in [0, 0.05) is 0 Å². The SMILES string of the molecule is CCOC(=O)c1nc(-c2cnc3ccccc3n2)n[nH]1. The van der Waals surface area contributed by atoms with Crippen LogP contribution >= 0.6 is 0 Å². The number of para-hydroxylation sites is 2. The molecule has 0 saturated heterocycles. The average Bonchev–Trinajstić information content (AvgIpc) is 2.97. The fourth-order valence-corrected chi connectivity index (χ4v) is 1.73. The van der Waals surface area contributed by atoms with Crippen molar-refractivity contribution in [1.29, 1.82) is 0 Å². The number of H-pyrrole nitrogens is 1. The molecule has 0 fully saturated rings. The largest absolute Gasteiger partial charge is 0.460 e. The number of esters is 1. The van der Waals surface area contributed by atoms with Crippen LogP contribution in [-0.4, -0.2) is 37.7 Å². The summed E-state index contributed by atoms with van der Waals surface area (Å²) in [7, 11) is 0. The number of aromatic amines is 1. The van der Waals surface area contributed by atoms with E-state index in [9.17, 15) is 4.79 Å². The van der Waals surface area contributed by atoms with Crippen molar-refractivity contribution in [2.45, 2.75) is 6.92 Å². The Kier molecular flexibility index (Phi) is 3.08. The zero-order valence-electron chi connectivity index (χ0n) is 10.7. The molecule has 0 radical (unpaired) electrons. The van der Waals surface area contributed by atoms with Gasteiger partial charge >= 0.3 is 5.97 Å². The van der Waals surface area contributed by atoms with Crippen LogP contribution < -0.4 is 0 Å².